The summed E-state index contributed by atoms with van der Waals surface area (Å²) < 4.78 is 5.10. The minimum Gasteiger partial charge on any atom is -0.497 e. The first-order chi connectivity index (χ1) is 7.31. The Morgan fingerprint density at radius 2 is 1.60 bits per heavy atom. The second kappa shape index (κ2) is 4.37. The molecule has 1 nitrogen and oxygen atoms in total. The van der Waals surface area contributed by atoms with Crippen molar-refractivity contribution in [1.29, 1.82) is 0 Å². The molecule has 0 bridgehead atoms. The lowest BCUT2D eigenvalue weighted by atomic mass is 10.1. The van der Waals surface area contributed by atoms with Gasteiger partial charge in [-0.2, -0.15) is 0 Å². The highest BCUT2D eigenvalue weighted by Gasteiger charge is 2.01. The van der Waals surface area contributed by atoms with Crippen molar-refractivity contribution in [2.24, 2.45) is 0 Å². The van der Waals surface area contributed by atoms with Gasteiger partial charge >= 0.3 is 0 Å². The monoisotopic (exact) mass is 218 g/mol. The molecular weight excluding hydrogens is 208 g/mol. The molecule has 2 heteroatoms. The highest BCUT2D eigenvalue weighted by molar-refractivity contribution is 6.33. The molecule has 0 saturated heterocycles. The molecule has 0 aliphatic carbocycles. The molecule has 0 unspecified atom stereocenters. The first-order valence-electron chi connectivity index (χ1n) is 4.70. The summed E-state index contributed by atoms with van der Waals surface area (Å²) in [6.07, 6.45) is 0. The topological polar surface area (TPSA) is 9.23 Å². The number of hydrogen-bond donors (Lipinski definition) is 0. The number of ether oxygens (including phenoxy) is 1. The molecule has 2 aromatic rings. The van der Waals surface area contributed by atoms with E-state index < -0.39 is 0 Å². The third kappa shape index (κ3) is 2.13. The molecule has 0 N–H and O–H groups in total. The lowest BCUT2D eigenvalue weighted by molar-refractivity contribution is 0.415. The lowest BCUT2D eigenvalue weighted by Gasteiger charge is -2.05. The van der Waals surface area contributed by atoms with Gasteiger partial charge in [-0.05, 0) is 23.8 Å². The Morgan fingerprint density at radius 1 is 0.933 bits per heavy atom. The van der Waals surface area contributed by atoms with Crippen LogP contribution in [0.5, 0.6) is 5.75 Å². The van der Waals surface area contributed by atoms with E-state index in [1.807, 2.05) is 48.5 Å². The van der Waals surface area contributed by atoms with Gasteiger partial charge in [0.15, 0.2) is 0 Å². The van der Waals surface area contributed by atoms with Crippen LogP contribution in [0.25, 0.3) is 11.1 Å². The van der Waals surface area contributed by atoms with Crippen molar-refractivity contribution >= 4 is 11.6 Å². The van der Waals surface area contributed by atoms with Crippen molar-refractivity contribution in [3.63, 3.8) is 0 Å². The molecule has 2 aromatic carbocycles. The molecule has 2 rings (SSSR count). The lowest BCUT2D eigenvalue weighted by Crippen LogP contribution is -1.83. The first-order valence-corrected chi connectivity index (χ1v) is 5.08. The van der Waals surface area contributed by atoms with Crippen LogP contribution in [-0.2, 0) is 0 Å². The zero-order valence-electron chi connectivity index (χ0n) is 8.41. The normalized spacial score (nSPS) is 10.0. The molecule has 0 aliphatic heterocycles. The van der Waals surface area contributed by atoms with E-state index in [1.165, 1.54) is 0 Å². The van der Waals surface area contributed by atoms with Gasteiger partial charge < -0.3 is 4.74 Å². The standard InChI is InChI=1S/C13H11ClO/c1-15-11-8-6-10(7-9-11)12-4-2-3-5-13(12)14/h2-9H,1H3. The predicted octanol–water partition coefficient (Wildman–Crippen LogP) is 4.02. The van der Waals surface area contributed by atoms with Gasteiger partial charge in [0.25, 0.3) is 0 Å². The van der Waals surface area contributed by atoms with E-state index in [0.29, 0.717) is 0 Å². The average molecular weight is 219 g/mol. The van der Waals surface area contributed by atoms with Crippen LogP contribution in [-0.4, -0.2) is 7.11 Å². The fourth-order valence-electron chi connectivity index (χ4n) is 1.47. The fourth-order valence-corrected chi connectivity index (χ4v) is 1.71. The molecule has 0 heterocycles. The largest absolute Gasteiger partial charge is 0.497 e. The van der Waals surface area contributed by atoms with Gasteiger partial charge in [0.1, 0.15) is 5.75 Å². The Hall–Kier alpha value is -1.47. The van der Waals surface area contributed by atoms with E-state index in [1.54, 1.807) is 7.11 Å². The summed E-state index contributed by atoms with van der Waals surface area (Å²) in [6.45, 7) is 0. The Bertz CT molecular complexity index is 448. The quantitative estimate of drug-likeness (QED) is 0.740. The van der Waals surface area contributed by atoms with E-state index in [2.05, 4.69) is 0 Å². The van der Waals surface area contributed by atoms with E-state index in [9.17, 15) is 0 Å². The molecule has 0 spiro atoms. The van der Waals surface area contributed by atoms with Gasteiger partial charge in [-0.15, -0.1) is 0 Å². The molecule has 0 radical (unpaired) electrons. The van der Waals surface area contributed by atoms with Crippen molar-refractivity contribution in [3.05, 3.63) is 53.6 Å². The zero-order valence-corrected chi connectivity index (χ0v) is 9.16. The summed E-state index contributed by atoms with van der Waals surface area (Å²) in [5.74, 6) is 0.853. The third-order valence-corrected chi connectivity index (χ3v) is 2.60. The van der Waals surface area contributed by atoms with Crippen molar-refractivity contribution in [1.82, 2.24) is 0 Å². The van der Waals surface area contributed by atoms with E-state index >= 15 is 0 Å². The van der Waals surface area contributed by atoms with Gasteiger partial charge in [-0.25, -0.2) is 0 Å². The summed E-state index contributed by atoms with van der Waals surface area (Å²) in [4.78, 5) is 0. The molecule has 0 amide bonds. The second-order valence-electron chi connectivity index (χ2n) is 3.21. The minimum atomic E-state index is 0.766. The van der Waals surface area contributed by atoms with Crippen molar-refractivity contribution in [3.8, 4) is 16.9 Å². The smallest absolute Gasteiger partial charge is 0.118 e. The zero-order chi connectivity index (χ0) is 10.7. The summed E-state index contributed by atoms with van der Waals surface area (Å²) in [7, 11) is 1.66. The molecule has 0 aliphatic rings. The number of benzene rings is 2. The number of rotatable bonds is 2. The molecule has 0 saturated carbocycles. The van der Waals surface area contributed by atoms with Gasteiger partial charge in [-0.3, -0.25) is 0 Å². The van der Waals surface area contributed by atoms with Crippen molar-refractivity contribution in [2.45, 2.75) is 0 Å². The van der Waals surface area contributed by atoms with E-state index in [4.69, 9.17) is 16.3 Å². The first kappa shape index (κ1) is 10.1. The summed E-state index contributed by atoms with van der Waals surface area (Å²) >= 11 is 6.10. The van der Waals surface area contributed by atoms with Gasteiger partial charge in [0.05, 0.1) is 7.11 Å². The van der Waals surface area contributed by atoms with Crippen LogP contribution in [0.4, 0.5) is 0 Å². The Labute approximate surface area is 94.3 Å². The number of halogens is 1. The molecule has 0 aromatic heterocycles. The minimum absolute atomic E-state index is 0.766. The van der Waals surface area contributed by atoms with E-state index in [-0.39, 0.29) is 0 Å². The van der Waals surface area contributed by atoms with Gasteiger partial charge in [0, 0.05) is 10.6 Å². The molecule has 0 atom stereocenters. The molecule has 76 valence electrons. The van der Waals surface area contributed by atoms with Crippen LogP contribution in [0.1, 0.15) is 0 Å². The number of hydrogen-bond acceptors (Lipinski definition) is 1. The maximum absolute atomic E-state index is 6.10. The third-order valence-electron chi connectivity index (χ3n) is 2.27. The average Bonchev–Trinajstić information content (AvgIpc) is 2.30. The second-order valence-corrected chi connectivity index (χ2v) is 3.62. The van der Waals surface area contributed by atoms with Crippen molar-refractivity contribution in [2.75, 3.05) is 7.11 Å². The van der Waals surface area contributed by atoms with Crippen LogP contribution < -0.4 is 4.74 Å². The number of methoxy groups -OCH3 is 1. The maximum Gasteiger partial charge on any atom is 0.118 e. The van der Waals surface area contributed by atoms with Gasteiger partial charge in [-0.1, -0.05) is 41.9 Å². The summed E-state index contributed by atoms with van der Waals surface area (Å²) in [5.41, 5.74) is 2.14. The summed E-state index contributed by atoms with van der Waals surface area (Å²) in [5, 5.41) is 0.766. The Balaban J connectivity index is 2.42. The highest BCUT2D eigenvalue weighted by Crippen LogP contribution is 2.28. The summed E-state index contributed by atoms with van der Waals surface area (Å²) in [6, 6.07) is 15.7. The van der Waals surface area contributed by atoms with Crippen LogP contribution in [0.3, 0.4) is 0 Å². The molecular formula is C13H11ClO. The Morgan fingerprint density at radius 3 is 2.20 bits per heavy atom. The van der Waals surface area contributed by atoms with Crippen LogP contribution in [0, 0.1) is 0 Å². The fraction of sp³-hybridized carbons (Fsp3) is 0.0769. The van der Waals surface area contributed by atoms with Crippen LogP contribution in [0.2, 0.25) is 5.02 Å². The van der Waals surface area contributed by atoms with Crippen LogP contribution in [0.15, 0.2) is 48.5 Å². The SMILES string of the molecule is COc1ccc(-c2ccccc2Cl)cc1. The maximum atomic E-state index is 6.10. The molecule has 15 heavy (non-hydrogen) atoms. The predicted molar refractivity (Wildman–Crippen MR) is 63.4 cm³/mol. The van der Waals surface area contributed by atoms with Gasteiger partial charge in [0.2, 0.25) is 0 Å². The van der Waals surface area contributed by atoms with Crippen molar-refractivity contribution < 1.29 is 4.74 Å². The highest BCUT2D eigenvalue weighted by atomic mass is 35.5. The van der Waals surface area contributed by atoms with E-state index in [0.717, 1.165) is 21.9 Å². The Kier molecular flexibility index (Phi) is 2.93. The molecule has 0 fully saturated rings. The van der Waals surface area contributed by atoms with Crippen LogP contribution >= 0.6 is 11.6 Å².